The van der Waals surface area contributed by atoms with Gasteiger partial charge in [-0.15, -0.1) is 0 Å². The number of nitrogens with one attached hydrogen (secondary N) is 1. The number of para-hydroxylation sites is 1. The number of halogens is 3. The zero-order valence-corrected chi connectivity index (χ0v) is 10.1. The minimum Gasteiger partial charge on any atom is -0.357 e. The molecule has 106 valence electrons. The summed E-state index contributed by atoms with van der Waals surface area (Å²) in [6, 6.07) is 3.98. The van der Waals surface area contributed by atoms with Crippen molar-refractivity contribution in [2.24, 2.45) is 5.84 Å². The lowest BCUT2D eigenvalue weighted by Gasteiger charge is -2.24. The summed E-state index contributed by atoms with van der Waals surface area (Å²) in [5, 5.41) is 11.0. The van der Waals surface area contributed by atoms with Crippen molar-refractivity contribution >= 4 is 17.1 Å². The first-order chi connectivity index (χ1) is 8.80. The highest BCUT2D eigenvalue weighted by atomic mass is 19.4. The Hall–Kier alpha value is -2.03. The fourth-order valence-electron chi connectivity index (χ4n) is 1.68. The van der Waals surface area contributed by atoms with Gasteiger partial charge in [0.25, 0.3) is 0 Å². The van der Waals surface area contributed by atoms with E-state index in [9.17, 15) is 23.3 Å². The Bertz CT molecular complexity index is 465. The summed E-state index contributed by atoms with van der Waals surface area (Å²) >= 11 is 0. The van der Waals surface area contributed by atoms with Gasteiger partial charge in [-0.2, -0.15) is 13.2 Å². The van der Waals surface area contributed by atoms with Crippen LogP contribution in [0.25, 0.3) is 0 Å². The van der Waals surface area contributed by atoms with Gasteiger partial charge >= 0.3 is 11.9 Å². The van der Waals surface area contributed by atoms with Crippen molar-refractivity contribution in [1.29, 1.82) is 0 Å². The topological polar surface area (TPSA) is 84.4 Å². The number of alkyl halides is 3. The molecule has 1 aromatic carbocycles. The van der Waals surface area contributed by atoms with Crippen molar-refractivity contribution < 1.29 is 18.1 Å². The maximum Gasteiger partial charge on any atom is 0.405 e. The molecule has 0 spiro atoms. The van der Waals surface area contributed by atoms with Crippen LogP contribution in [0.4, 0.5) is 30.2 Å². The van der Waals surface area contributed by atoms with Gasteiger partial charge in [0, 0.05) is 6.54 Å². The Balaban J connectivity index is 3.27. The van der Waals surface area contributed by atoms with Gasteiger partial charge < -0.3 is 10.3 Å². The first-order valence-corrected chi connectivity index (χ1v) is 5.36. The van der Waals surface area contributed by atoms with E-state index in [0.717, 1.165) is 4.90 Å². The number of hydrogen-bond donors (Lipinski definition) is 2. The van der Waals surface area contributed by atoms with E-state index in [1.54, 1.807) is 0 Å². The first kappa shape index (κ1) is 15.0. The van der Waals surface area contributed by atoms with Crippen LogP contribution in [0.2, 0.25) is 0 Å². The van der Waals surface area contributed by atoms with Crippen LogP contribution in [0.5, 0.6) is 0 Å². The molecule has 0 fully saturated rings. The van der Waals surface area contributed by atoms with Gasteiger partial charge in [-0.25, -0.2) is 0 Å². The van der Waals surface area contributed by atoms with Gasteiger partial charge in [-0.1, -0.05) is 6.07 Å². The number of hydrogen-bond acceptors (Lipinski definition) is 5. The maximum atomic E-state index is 12.4. The number of nitrogen functional groups attached to an aromatic ring is 1. The van der Waals surface area contributed by atoms with Gasteiger partial charge in [0.2, 0.25) is 0 Å². The van der Waals surface area contributed by atoms with Gasteiger partial charge in [0.1, 0.15) is 17.9 Å². The third-order valence-electron chi connectivity index (χ3n) is 2.45. The number of rotatable bonds is 5. The van der Waals surface area contributed by atoms with Crippen LogP contribution in [0, 0.1) is 10.1 Å². The lowest BCUT2D eigenvalue weighted by Crippen LogP contribution is -2.34. The highest BCUT2D eigenvalue weighted by Crippen LogP contribution is 2.36. The second-order valence-electron chi connectivity index (χ2n) is 3.70. The van der Waals surface area contributed by atoms with E-state index in [2.05, 4.69) is 5.43 Å². The van der Waals surface area contributed by atoms with Crippen LogP contribution < -0.4 is 16.2 Å². The quantitative estimate of drug-likeness (QED) is 0.490. The molecule has 0 atom stereocenters. The van der Waals surface area contributed by atoms with Crippen LogP contribution in [0.3, 0.4) is 0 Å². The predicted molar refractivity (Wildman–Crippen MR) is 64.8 cm³/mol. The molecule has 0 amide bonds. The van der Waals surface area contributed by atoms with Crippen molar-refractivity contribution in [2.45, 2.75) is 13.1 Å². The van der Waals surface area contributed by atoms with E-state index in [1.807, 2.05) is 0 Å². The Morgan fingerprint density at radius 3 is 2.53 bits per heavy atom. The van der Waals surface area contributed by atoms with Crippen molar-refractivity contribution in [2.75, 3.05) is 23.4 Å². The standard InChI is InChI=1S/C10H13F3N4O2/c1-2-16(6-10(11,12)13)8-5-3-4-7(15-14)9(8)17(18)19/h3-5,15H,2,6,14H2,1H3. The molecule has 0 aromatic heterocycles. The molecule has 0 bridgehead atoms. The molecule has 3 N–H and O–H groups in total. The summed E-state index contributed by atoms with van der Waals surface area (Å²) in [6.07, 6.45) is -4.45. The summed E-state index contributed by atoms with van der Waals surface area (Å²) in [7, 11) is 0. The second-order valence-corrected chi connectivity index (χ2v) is 3.70. The van der Waals surface area contributed by atoms with Gasteiger partial charge in [0.05, 0.1) is 4.92 Å². The Kier molecular flexibility index (Phi) is 4.54. The molecule has 6 nitrogen and oxygen atoms in total. The molecule has 0 radical (unpaired) electrons. The normalized spacial score (nSPS) is 11.2. The van der Waals surface area contributed by atoms with Crippen LogP contribution in [-0.2, 0) is 0 Å². The number of hydrazine groups is 1. The van der Waals surface area contributed by atoms with Crippen LogP contribution >= 0.6 is 0 Å². The Morgan fingerprint density at radius 1 is 1.47 bits per heavy atom. The molecule has 0 saturated carbocycles. The average molecular weight is 278 g/mol. The summed E-state index contributed by atoms with van der Waals surface area (Å²) in [5.41, 5.74) is 1.47. The van der Waals surface area contributed by atoms with E-state index < -0.39 is 23.3 Å². The molecule has 1 aromatic rings. The molecular weight excluding hydrogens is 265 g/mol. The molecule has 9 heteroatoms. The second kappa shape index (κ2) is 5.74. The van der Waals surface area contributed by atoms with Crippen molar-refractivity contribution in [3.05, 3.63) is 28.3 Å². The lowest BCUT2D eigenvalue weighted by molar-refractivity contribution is -0.383. The summed E-state index contributed by atoms with van der Waals surface area (Å²) in [5.74, 6) is 5.13. The summed E-state index contributed by atoms with van der Waals surface area (Å²) < 4.78 is 37.3. The SMILES string of the molecule is CCN(CC(F)(F)F)c1cccc(NN)c1[N+](=O)[O-]. The third kappa shape index (κ3) is 3.71. The highest BCUT2D eigenvalue weighted by molar-refractivity contribution is 5.76. The van der Waals surface area contributed by atoms with E-state index in [0.29, 0.717) is 0 Å². The fraction of sp³-hybridized carbons (Fsp3) is 0.400. The highest BCUT2D eigenvalue weighted by Gasteiger charge is 2.33. The summed E-state index contributed by atoms with van der Waals surface area (Å²) in [6.45, 7) is 0.199. The minimum absolute atomic E-state index is 0.0195. The largest absolute Gasteiger partial charge is 0.405 e. The van der Waals surface area contributed by atoms with E-state index in [-0.39, 0.29) is 17.9 Å². The summed E-state index contributed by atoms with van der Waals surface area (Å²) in [4.78, 5) is 11.1. The maximum absolute atomic E-state index is 12.4. The molecule has 0 saturated heterocycles. The van der Waals surface area contributed by atoms with Gasteiger partial charge in [-0.05, 0) is 19.1 Å². The molecular formula is C10H13F3N4O2. The van der Waals surface area contributed by atoms with Crippen molar-refractivity contribution in [3.63, 3.8) is 0 Å². The molecule has 0 unspecified atom stereocenters. The van der Waals surface area contributed by atoms with E-state index in [4.69, 9.17) is 5.84 Å². The van der Waals surface area contributed by atoms with Gasteiger partial charge in [0.15, 0.2) is 0 Å². The minimum atomic E-state index is -4.45. The number of benzene rings is 1. The zero-order chi connectivity index (χ0) is 14.6. The number of nitro benzene ring substituents is 1. The van der Waals surface area contributed by atoms with E-state index in [1.165, 1.54) is 25.1 Å². The number of nitro groups is 1. The number of nitrogens with two attached hydrogens (primary N) is 1. The van der Waals surface area contributed by atoms with Crippen molar-refractivity contribution in [1.82, 2.24) is 0 Å². The molecule has 19 heavy (non-hydrogen) atoms. The molecule has 0 aliphatic rings. The molecule has 1 rings (SSSR count). The smallest absolute Gasteiger partial charge is 0.357 e. The average Bonchev–Trinajstić information content (AvgIpc) is 2.33. The van der Waals surface area contributed by atoms with Crippen molar-refractivity contribution in [3.8, 4) is 0 Å². The fourth-order valence-corrected chi connectivity index (χ4v) is 1.68. The van der Waals surface area contributed by atoms with Crippen LogP contribution in [-0.4, -0.2) is 24.2 Å². The van der Waals surface area contributed by atoms with Crippen LogP contribution in [0.15, 0.2) is 18.2 Å². The monoisotopic (exact) mass is 278 g/mol. The number of nitrogens with zero attached hydrogens (tertiary/aromatic N) is 2. The van der Waals surface area contributed by atoms with E-state index >= 15 is 0 Å². The van der Waals surface area contributed by atoms with Crippen LogP contribution in [0.1, 0.15) is 6.92 Å². The molecule has 0 aliphatic heterocycles. The Morgan fingerprint density at radius 2 is 2.11 bits per heavy atom. The van der Waals surface area contributed by atoms with Gasteiger partial charge in [-0.3, -0.25) is 16.0 Å². The molecule has 0 aliphatic carbocycles. The zero-order valence-electron chi connectivity index (χ0n) is 10.1. The first-order valence-electron chi connectivity index (χ1n) is 5.36. The third-order valence-corrected chi connectivity index (χ3v) is 2.45. The Labute approximate surface area is 107 Å². The predicted octanol–water partition coefficient (Wildman–Crippen LogP) is 2.27. The number of anilines is 2. The lowest BCUT2D eigenvalue weighted by atomic mass is 10.2. The molecule has 0 heterocycles.